The molecule has 2 N–H and O–H groups in total. The molecule has 7 heteroatoms. The largest absolute Gasteiger partial charge is 0.349 e. The van der Waals surface area contributed by atoms with Crippen LogP contribution in [-0.2, 0) is 29.5 Å². The highest BCUT2D eigenvalue weighted by Crippen LogP contribution is 2.15. The highest BCUT2D eigenvalue weighted by atomic mass is 32.2. The second-order valence-corrected chi connectivity index (χ2v) is 7.31. The summed E-state index contributed by atoms with van der Waals surface area (Å²) in [5.41, 5.74) is 2.13. The lowest BCUT2D eigenvalue weighted by atomic mass is 10.2. The molecule has 0 saturated heterocycles. The molecule has 0 aliphatic carbocycles. The Balaban J connectivity index is 2.04. The average molecular weight is 327 g/mol. The van der Waals surface area contributed by atoms with Crippen molar-refractivity contribution in [1.29, 1.82) is 0 Å². The van der Waals surface area contributed by atoms with Gasteiger partial charge in [-0.3, -0.25) is 0 Å². The molecule has 0 aliphatic rings. The molecule has 0 amide bonds. The first-order valence-electron chi connectivity index (χ1n) is 6.91. The van der Waals surface area contributed by atoms with E-state index in [0.717, 1.165) is 17.8 Å². The number of thiophene rings is 1. The van der Waals surface area contributed by atoms with Gasteiger partial charge in [-0.2, -0.15) is 11.3 Å². The Morgan fingerprint density at radius 3 is 2.81 bits per heavy atom. The maximum atomic E-state index is 12.3. The first-order chi connectivity index (χ1) is 10.1. The highest BCUT2D eigenvalue weighted by molar-refractivity contribution is 7.89. The molecule has 2 aromatic heterocycles. The first kappa shape index (κ1) is 16.2. The molecule has 0 spiro atoms. The van der Waals surface area contributed by atoms with Crippen molar-refractivity contribution in [2.75, 3.05) is 13.6 Å². The minimum Gasteiger partial charge on any atom is -0.349 e. The van der Waals surface area contributed by atoms with Crippen LogP contribution in [0, 0.1) is 0 Å². The van der Waals surface area contributed by atoms with Gasteiger partial charge in [0.15, 0.2) is 0 Å². The third-order valence-electron chi connectivity index (χ3n) is 3.26. The van der Waals surface area contributed by atoms with Crippen molar-refractivity contribution in [1.82, 2.24) is 14.6 Å². The second kappa shape index (κ2) is 7.22. The molecule has 0 unspecified atom stereocenters. The summed E-state index contributed by atoms with van der Waals surface area (Å²) in [5, 5.41) is 7.08. The van der Waals surface area contributed by atoms with Gasteiger partial charge in [-0.1, -0.05) is 0 Å². The number of nitrogens with zero attached hydrogens (tertiary/aromatic N) is 1. The van der Waals surface area contributed by atoms with Gasteiger partial charge in [-0.25, -0.2) is 13.1 Å². The highest BCUT2D eigenvalue weighted by Gasteiger charge is 2.17. The van der Waals surface area contributed by atoms with Gasteiger partial charge in [-0.15, -0.1) is 0 Å². The number of nitrogens with one attached hydrogen (secondary N) is 2. The van der Waals surface area contributed by atoms with Crippen molar-refractivity contribution in [2.45, 2.75) is 31.3 Å². The molecule has 116 valence electrons. The number of hydrogen-bond donors (Lipinski definition) is 2. The Morgan fingerprint density at radius 2 is 2.19 bits per heavy atom. The number of hydrogen-bond acceptors (Lipinski definition) is 4. The van der Waals surface area contributed by atoms with E-state index < -0.39 is 10.0 Å². The zero-order valence-electron chi connectivity index (χ0n) is 12.3. The molecule has 0 bridgehead atoms. The van der Waals surface area contributed by atoms with Crippen LogP contribution in [0.15, 0.2) is 34.0 Å². The molecule has 2 rings (SSSR count). The first-order valence-corrected chi connectivity index (χ1v) is 9.34. The molecule has 0 aliphatic heterocycles. The van der Waals surface area contributed by atoms with Crippen molar-refractivity contribution in [3.05, 3.63) is 40.3 Å². The summed E-state index contributed by atoms with van der Waals surface area (Å²) >= 11 is 1.62. The smallest absolute Gasteiger partial charge is 0.242 e. The zero-order valence-corrected chi connectivity index (χ0v) is 13.9. The number of aromatic nitrogens is 1. The molecule has 0 fully saturated rings. The predicted octanol–water partition coefficient (Wildman–Crippen LogP) is 1.81. The van der Waals surface area contributed by atoms with Crippen molar-refractivity contribution in [3.8, 4) is 0 Å². The fraction of sp³-hybridized carbons (Fsp3) is 0.429. The van der Waals surface area contributed by atoms with Gasteiger partial charge >= 0.3 is 0 Å². The Morgan fingerprint density at radius 1 is 1.38 bits per heavy atom. The Labute approximate surface area is 130 Å². The van der Waals surface area contributed by atoms with Crippen LogP contribution in [0.25, 0.3) is 0 Å². The predicted molar refractivity (Wildman–Crippen MR) is 86.1 cm³/mol. The van der Waals surface area contributed by atoms with Crippen LogP contribution in [-0.4, -0.2) is 26.6 Å². The minimum atomic E-state index is -3.44. The maximum absolute atomic E-state index is 12.3. The monoisotopic (exact) mass is 327 g/mol. The Bertz CT molecular complexity index is 660. The van der Waals surface area contributed by atoms with Crippen molar-refractivity contribution < 1.29 is 8.42 Å². The lowest BCUT2D eigenvalue weighted by molar-refractivity contribution is 0.581. The summed E-state index contributed by atoms with van der Waals surface area (Å²) in [7, 11) is -1.59. The van der Waals surface area contributed by atoms with Gasteiger partial charge < -0.3 is 9.88 Å². The molecule has 5 nitrogen and oxygen atoms in total. The van der Waals surface area contributed by atoms with E-state index >= 15 is 0 Å². The van der Waals surface area contributed by atoms with Gasteiger partial charge in [0.05, 0.1) is 4.90 Å². The number of rotatable bonds is 8. The van der Waals surface area contributed by atoms with E-state index in [0.29, 0.717) is 24.4 Å². The molecule has 2 aromatic rings. The van der Waals surface area contributed by atoms with Gasteiger partial charge in [0.25, 0.3) is 0 Å². The van der Waals surface area contributed by atoms with Crippen LogP contribution in [0.2, 0.25) is 0 Å². The molecule has 0 atom stereocenters. The van der Waals surface area contributed by atoms with Crippen LogP contribution in [0.3, 0.4) is 0 Å². The standard InChI is InChI=1S/C14H21N3O2S2/c1-3-17-10-14(8-13(17)9-15-2)21(18,19)16-6-4-12-5-7-20-11-12/h5,7-8,10-11,15-16H,3-4,6,9H2,1-2H3. The lowest BCUT2D eigenvalue weighted by Crippen LogP contribution is -2.25. The fourth-order valence-corrected chi connectivity index (χ4v) is 3.94. The normalized spacial score (nSPS) is 11.9. The van der Waals surface area contributed by atoms with Crippen LogP contribution in [0.4, 0.5) is 0 Å². The van der Waals surface area contributed by atoms with E-state index in [4.69, 9.17) is 0 Å². The molecule has 0 radical (unpaired) electrons. The van der Waals surface area contributed by atoms with Gasteiger partial charge in [0.1, 0.15) is 0 Å². The Kier molecular flexibility index (Phi) is 5.58. The minimum absolute atomic E-state index is 0.333. The van der Waals surface area contributed by atoms with Gasteiger partial charge in [-0.05, 0) is 48.8 Å². The van der Waals surface area contributed by atoms with Crippen molar-refractivity contribution in [2.24, 2.45) is 0 Å². The Hall–Kier alpha value is -1.15. The molecular weight excluding hydrogens is 306 g/mol. The summed E-state index contributed by atoms with van der Waals surface area (Å²) in [4.78, 5) is 0.333. The van der Waals surface area contributed by atoms with E-state index in [2.05, 4.69) is 10.0 Å². The summed E-state index contributed by atoms with van der Waals surface area (Å²) < 4.78 is 29.2. The van der Waals surface area contributed by atoms with Gasteiger partial charge in [0, 0.05) is 31.5 Å². The average Bonchev–Trinajstić information content (AvgIpc) is 3.08. The topological polar surface area (TPSA) is 63.1 Å². The molecule has 0 saturated carbocycles. The van der Waals surface area contributed by atoms with E-state index in [1.54, 1.807) is 23.6 Å². The summed E-state index contributed by atoms with van der Waals surface area (Å²) in [6.07, 6.45) is 2.40. The molecule has 2 heterocycles. The third kappa shape index (κ3) is 4.16. The maximum Gasteiger partial charge on any atom is 0.242 e. The number of sulfonamides is 1. The van der Waals surface area contributed by atoms with E-state index in [9.17, 15) is 8.42 Å². The summed E-state index contributed by atoms with van der Waals surface area (Å²) in [5.74, 6) is 0. The zero-order chi connectivity index (χ0) is 15.3. The van der Waals surface area contributed by atoms with Crippen LogP contribution in [0.5, 0.6) is 0 Å². The summed E-state index contributed by atoms with van der Waals surface area (Å²) in [6, 6.07) is 3.74. The fourth-order valence-electron chi connectivity index (χ4n) is 2.14. The van der Waals surface area contributed by atoms with E-state index in [-0.39, 0.29) is 0 Å². The number of aryl methyl sites for hydroxylation is 1. The lowest BCUT2D eigenvalue weighted by Gasteiger charge is -2.04. The summed E-state index contributed by atoms with van der Waals surface area (Å²) in [6.45, 7) is 3.82. The second-order valence-electron chi connectivity index (χ2n) is 4.76. The quantitative estimate of drug-likeness (QED) is 0.777. The van der Waals surface area contributed by atoms with E-state index in [1.807, 2.05) is 35.4 Å². The third-order valence-corrected chi connectivity index (χ3v) is 5.42. The van der Waals surface area contributed by atoms with Crippen LogP contribution < -0.4 is 10.0 Å². The molecular formula is C14H21N3O2S2. The SMILES string of the molecule is CCn1cc(S(=O)(=O)NCCc2ccsc2)cc1CNC. The van der Waals surface area contributed by atoms with Crippen LogP contribution >= 0.6 is 11.3 Å². The van der Waals surface area contributed by atoms with Crippen LogP contribution in [0.1, 0.15) is 18.2 Å². The molecule has 21 heavy (non-hydrogen) atoms. The van der Waals surface area contributed by atoms with E-state index in [1.165, 1.54) is 0 Å². The molecule has 0 aromatic carbocycles. The van der Waals surface area contributed by atoms with Crippen molar-refractivity contribution in [3.63, 3.8) is 0 Å². The van der Waals surface area contributed by atoms with Crippen molar-refractivity contribution >= 4 is 21.4 Å². The van der Waals surface area contributed by atoms with Gasteiger partial charge in [0.2, 0.25) is 10.0 Å².